The summed E-state index contributed by atoms with van der Waals surface area (Å²) in [5, 5.41) is 3.52. The summed E-state index contributed by atoms with van der Waals surface area (Å²) in [5.41, 5.74) is 0.185. The molecule has 0 fully saturated rings. The largest absolute Gasteiger partial charge is 0.445 e. The van der Waals surface area contributed by atoms with E-state index < -0.39 is 0 Å². The summed E-state index contributed by atoms with van der Waals surface area (Å²) in [6.45, 7) is 10.7. The molecule has 2 aromatic rings. The van der Waals surface area contributed by atoms with Crippen LogP contribution in [0.3, 0.4) is 0 Å². The number of anilines is 1. The maximum absolute atomic E-state index is 11.9. The molecule has 1 N–H and O–H groups in total. The minimum Gasteiger partial charge on any atom is -0.445 e. The highest BCUT2D eigenvalue weighted by Crippen LogP contribution is 2.31. The molecule has 0 aliphatic rings. The van der Waals surface area contributed by atoms with E-state index in [-0.39, 0.29) is 11.3 Å². The summed E-state index contributed by atoms with van der Waals surface area (Å²) in [7, 11) is 0. The number of thiazole rings is 1. The van der Waals surface area contributed by atoms with Gasteiger partial charge < -0.3 is 9.73 Å². The number of rotatable bonds is 8. The minimum absolute atomic E-state index is 0.0276. The smallest absolute Gasteiger partial charge is 0.226 e. The molecule has 0 saturated carbocycles. The first-order valence-corrected chi connectivity index (χ1v) is 10.4. The third-order valence-electron chi connectivity index (χ3n) is 3.61. The molecule has 25 heavy (non-hydrogen) atoms. The Kier molecular flexibility index (Phi) is 7.07. The van der Waals surface area contributed by atoms with Crippen LogP contribution in [0.2, 0.25) is 0 Å². The summed E-state index contributed by atoms with van der Waals surface area (Å²) in [4.78, 5) is 20.5. The van der Waals surface area contributed by atoms with Crippen LogP contribution in [0, 0.1) is 11.3 Å². The van der Waals surface area contributed by atoms with E-state index in [1.807, 2.05) is 6.20 Å². The molecule has 5 nitrogen and oxygen atoms in total. The predicted molar refractivity (Wildman–Crippen MR) is 104 cm³/mol. The van der Waals surface area contributed by atoms with Crippen LogP contribution in [0.5, 0.6) is 0 Å². The average Bonchev–Trinajstić information content (AvgIpc) is 3.12. The molecule has 2 rings (SSSR count). The van der Waals surface area contributed by atoms with E-state index in [9.17, 15) is 4.79 Å². The SMILES string of the molecule is CCC(C)CC(=O)Nc1ncc(SCc2ncc(CC(C)(C)C)o2)s1. The fourth-order valence-corrected chi connectivity index (χ4v) is 3.91. The molecule has 0 spiro atoms. The van der Waals surface area contributed by atoms with E-state index >= 15 is 0 Å². The number of nitrogens with zero attached hydrogens (tertiary/aromatic N) is 2. The van der Waals surface area contributed by atoms with Crippen LogP contribution in [-0.2, 0) is 17.0 Å². The van der Waals surface area contributed by atoms with E-state index in [4.69, 9.17) is 4.42 Å². The molecule has 0 aliphatic heterocycles. The van der Waals surface area contributed by atoms with Crippen LogP contribution in [-0.4, -0.2) is 15.9 Å². The third-order valence-corrected chi connectivity index (χ3v) is 5.70. The van der Waals surface area contributed by atoms with Crippen LogP contribution in [0.4, 0.5) is 5.13 Å². The molecule has 0 bridgehead atoms. The fraction of sp³-hybridized carbons (Fsp3) is 0.611. The standard InChI is InChI=1S/C18H27N3O2S2/c1-6-12(2)7-14(22)21-17-20-10-16(25-17)24-11-15-19-9-13(23-15)8-18(3,4)5/h9-10,12H,6-8,11H2,1-5H3,(H,20,21,22). The Morgan fingerprint density at radius 1 is 1.36 bits per heavy atom. The van der Waals surface area contributed by atoms with Crippen molar-refractivity contribution in [2.75, 3.05) is 5.32 Å². The number of amides is 1. The van der Waals surface area contributed by atoms with Crippen molar-refractivity contribution in [1.29, 1.82) is 0 Å². The molecular weight excluding hydrogens is 354 g/mol. The van der Waals surface area contributed by atoms with Gasteiger partial charge in [0.1, 0.15) is 5.76 Å². The Morgan fingerprint density at radius 2 is 2.12 bits per heavy atom. The van der Waals surface area contributed by atoms with Gasteiger partial charge in [-0.2, -0.15) is 0 Å². The molecule has 0 radical (unpaired) electrons. The number of carbonyl (C=O) groups excluding carboxylic acids is 1. The van der Waals surface area contributed by atoms with Gasteiger partial charge >= 0.3 is 0 Å². The number of carbonyl (C=O) groups is 1. The van der Waals surface area contributed by atoms with Crippen molar-refractivity contribution in [1.82, 2.24) is 9.97 Å². The minimum atomic E-state index is 0.0276. The van der Waals surface area contributed by atoms with Gasteiger partial charge in [-0.3, -0.25) is 4.79 Å². The van der Waals surface area contributed by atoms with Crippen molar-refractivity contribution in [3.8, 4) is 0 Å². The number of aromatic nitrogens is 2. The van der Waals surface area contributed by atoms with Gasteiger partial charge in [0.05, 0.1) is 22.4 Å². The zero-order valence-electron chi connectivity index (χ0n) is 15.6. The third kappa shape index (κ3) is 7.20. The van der Waals surface area contributed by atoms with Gasteiger partial charge in [0.2, 0.25) is 11.8 Å². The summed E-state index contributed by atoms with van der Waals surface area (Å²) >= 11 is 3.10. The van der Waals surface area contributed by atoms with Crippen molar-refractivity contribution >= 4 is 34.1 Å². The Morgan fingerprint density at radius 3 is 2.80 bits per heavy atom. The summed E-state index contributed by atoms with van der Waals surface area (Å²) in [5.74, 6) is 2.72. The lowest BCUT2D eigenvalue weighted by molar-refractivity contribution is -0.117. The molecule has 1 unspecified atom stereocenters. The van der Waals surface area contributed by atoms with Gasteiger partial charge in [-0.15, -0.1) is 11.8 Å². The van der Waals surface area contributed by atoms with Crippen molar-refractivity contribution in [3.05, 3.63) is 24.0 Å². The zero-order chi connectivity index (χ0) is 18.4. The van der Waals surface area contributed by atoms with Crippen LogP contribution in [0.15, 0.2) is 21.0 Å². The first-order valence-electron chi connectivity index (χ1n) is 8.57. The quantitative estimate of drug-likeness (QED) is 0.621. The van der Waals surface area contributed by atoms with Gasteiger partial charge in [0.15, 0.2) is 5.13 Å². The lowest BCUT2D eigenvalue weighted by atomic mass is 9.91. The molecular formula is C18H27N3O2S2. The van der Waals surface area contributed by atoms with E-state index in [1.165, 1.54) is 11.3 Å². The maximum Gasteiger partial charge on any atom is 0.226 e. The number of nitrogens with one attached hydrogen (secondary N) is 1. The number of thioether (sulfide) groups is 1. The van der Waals surface area contributed by atoms with E-state index in [2.05, 4.69) is 49.9 Å². The monoisotopic (exact) mass is 381 g/mol. The summed E-state index contributed by atoms with van der Waals surface area (Å²) in [6.07, 6.45) is 6.00. The van der Waals surface area contributed by atoms with E-state index in [0.717, 1.165) is 28.7 Å². The molecule has 0 aromatic carbocycles. The molecule has 2 heterocycles. The Bertz CT molecular complexity index is 689. The van der Waals surface area contributed by atoms with Crippen molar-refractivity contribution in [2.24, 2.45) is 11.3 Å². The highest BCUT2D eigenvalue weighted by Gasteiger charge is 2.15. The number of hydrogen-bond acceptors (Lipinski definition) is 6. The molecule has 0 saturated heterocycles. The number of hydrogen-bond donors (Lipinski definition) is 1. The molecule has 7 heteroatoms. The maximum atomic E-state index is 11.9. The van der Waals surface area contributed by atoms with Crippen molar-refractivity contribution in [3.63, 3.8) is 0 Å². The molecule has 2 aromatic heterocycles. The van der Waals surface area contributed by atoms with Gasteiger partial charge in [-0.1, -0.05) is 52.4 Å². The van der Waals surface area contributed by atoms with Crippen LogP contribution in [0.1, 0.15) is 59.1 Å². The Balaban J connectivity index is 1.82. The second-order valence-electron chi connectivity index (χ2n) is 7.50. The Hall–Kier alpha value is -1.34. The van der Waals surface area contributed by atoms with Crippen LogP contribution >= 0.6 is 23.1 Å². The molecule has 1 atom stereocenters. The van der Waals surface area contributed by atoms with E-state index in [0.29, 0.717) is 23.2 Å². The molecule has 0 aliphatic carbocycles. The lowest BCUT2D eigenvalue weighted by Gasteiger charge is -2.15. The first kappa shape index (κ1) is 20.0. The highest BCUT2D eigenvalue weighted by atomic mass is 32.2. The van der Waals surface area contributed by atoms with Crippen molar-refractivity contribution < 1.29 is 9.21 Å². The first-order chi connectivity index (χ1) is 11.7. The second kappa shape index (κ2) is 8.85. The summed E-state index contributed by atoms with van der Waals surface area (Å²) in [6, 6.07) is 0. The zero-order valence-corrected chi connectivity index (χ0v) is 17.2. The Labute approximate surface area is 158 Å². The molecule has 138 valence electrons. The number of oxazole rings is 1. The average molecular weight is 382 g/mol. The second-order valence-corrected chi connectivity index (χ2v) is 9.80. The van der Waals surface area contributed by atoms with Crippen LogP contribution in [0.25, 0.3) is 0 Å². The van der Waals surface area contributed by atoms with Crippen LogP contribution < -0.4 is 5.32 Å². The van der Waals surface area contributed by atoms with Gasteiger partial charge in [-0.05, 0) is 11.3 Å². The molecule has 1 amide bonds. The van der Waals surface area contributed by atoms with Crippen molar-refractivity contribution in [2.45, 2.75) is 63.8 Å². The van der Waals surface area contributed by atoms with Gasteiger partial charge in [-0.25, -0.2) is 9.97 Å². The topological polar surface area (TPSA) is 68.0 Å². The fourth-order valence-electron chi connectivity index (χ4n) is 2.17. The van der Waals surface area contributed by atoms with Gasteiger partial charge in [0.25, 0.3) is 0 Å². The summed E-state index contributed by atoms with van der Waals surface area (Å²) < 4.78 is 6.83. The highest BCUT2D eigenvalue weighted by molar-refractivity contribution is 8.00. The van der Waals surface area contributed by atoms with Gasteiger partial charge in [0, 0.05) is 12.8 Å². The predicted octanol–water partition coefficient (Wildman–Crippen LogP) is 5.39. The normalized spacial score (nSPS) is 13.0. The lowest BCUT2D eigenvalue weighted by Crippen LogP contribution is -2.14. The van der Waals surface area contributed by atoms with E-state index in [1.54, 1.807) is 18.0 Å².